The molecule has 0 unspecified atom stereocenters. The highest BCUT2D eigenvalue weighted by molar-refractivity contribution is 6.35. The molecule has 6 rings (SSSR count). The molecule has 12 heteroatoms. The number of nitrogens with zero attached hydrogens (tertiary/aromatic N) is 6. The lowest BCUT2D eigenvalue weighted by Crippen LogP contribution is -2.49. The molecule has 0 radical (unpaired) electrons. The summed E-state index contributed by atoms with van der Waals surface area (Å²) in [7, 11) is 0. The van der Waals surface area contributed by atoms with Crippen LogP contribution in [-0.2, 0) is 19.5 Å². The van der Waals surface area contributed by atoms with E-state index in [0.29, 0.717) is 53.6 Å². The van der Waals surface area contributed by atoms with E-state index in [1.807, 2.05) is 30.9 Å². The molecule has 10 nitrogen and oxygen atoms in total. The van der Waals surface area contributed by atoms with Crippen molar-refractivity contribution in [2.45, 2.75) is 52.3 Å². The number of anilines is 3. The van der Waals surface area contributed by atoms with Crippen LogP contribution < -0.4 is 30.7 Å². The van der Waals surface area contributed by atoms with Gasteiger partial charge in [-0.2, -0.15) is 4.98 Å². The Bertz CT molecular complexity index is 1530. The highest BCUT2D eigenvalue weighted by Crippen LogP contribution is 2.33. The lowest BCUT2D eigenvalue weighted by atomic mass is 10.0. The molecule has 43 heavy (non-hydrogen) atoms. The number of ether oxygens (including phenoxy) is 1. The second-order valence-electron chi connectivity index (χ2n) is 11.9. The van der Waals surface area contributed by atoms with Crippen molar-refractivity contribution in [3.05, 3.63) is 65.5 Å². The van der Waals surface area contributed by atoms with Crippen LogP contribution in [-0.4, -0.2) is 84.8 Å². The van der Waals surface area contributed by atoms with Gasteiger partial charge in [0, 0.05) is 80.9 Å². The summed E-state index contributed by atoms with van der Waals surface area (Å²) >= 11 is 12.6. The quantitative estimate of drug-likeness (QED) is 0.336. The van der Waals surface area contributed by atoms with Gasteiger partial charge >= 0.3 is 0 Å². The van der Waals surface area contributed by atoms with Gasteiger partial charge < -0.3 is 24.8 Å². The molecule has 2 fully saturated rings. The topological polar surface area (TPSA) is 94.1 Å². The number of rotatable bonds is 10. The zero-order valence-corrected chi connectivity index (χ0v) is 26.4. The molecule has 0 saturated carbocycles. The number of hydrogen-bond donors (Lipinski definition) is 1. The third-order valence-corrected chi connectivity index (χ3v) is 9.20. The van der Waals surface area contributed by atoms with Gasteiger partial charge in [0.25, 0.3) is 10.9 Å². The van der Waals surface area contributed by atoms with E-state index in [1.54, 1.807) is 6.07 Å². The number of likely N-dealkylation sites (tertiary alicyclic amines) is 1. The first-order valence-electron chi connectivity index (χ1n) is 15.3. The van der Waals surface area contributed by atoms with Crippen molar-refractivity contribution in [2.75, 3.05) is 74.0 Å². The third-order valence-electron chi connectivity index (χ3n) is 8.61. The number of halogens is 2. The monoisotopic (exact) mass is 627 g/mol. The minimum Gasteiger partial charge on any atom is -0.485 e. The van der Waals surface area contributed by atoms with Gasteiger partial charge in [-0.3, -0.25) is 14.5 Å². The SMILES string of the molecule is CC(C)Oc1c(N2CCc3nc(N4CCN(CCN5CCCC5)CC4)nc(NCc4ccc(Cl)cc4Cl)c3C2)c(=O)c1=O. The molecule has 1 N–H and O–H groups in total. The lowest BCUT2D eigenvalue weighted by Gasteiger charge is -2.37. The zero-order chi connectivity index (χ0) is 30.1. The Morgan fingerprint density at radius 2 is 1.63 bits per heavy atom. The number of benzene rings is 1. The Kier molecular flexibility index (Phi) is 9.09. The number of nitrogens with one attached hydrogen (secondary N) is 1. The smallest absolute Gasteiger partial charge is 0.272 e. The summed E-state index contributed by atoms with van der Waals surface area (Å²) in [6.07, 6.45) is 3.06. The number of piperazine rings is 1. The first-order valence-corrected chi connectivity index (χ1v) is 16.0. The van der Waals surface area contributed by atoms with Crippen LogP contribution in [0.4, 0.5) is 17.5 Å². The Labute approximate surface area is 262 Å². The molecule has 3 aliphatic rings. The maximum Gasteiger partial charge on any atom is 0.272 e. The summed E-state index contributed by atoms with van der Waals surface area (Å²) in [6, 6.07) is 5.45. The van der Waals surface area contributed by atoms with Crippen molar-refractivity contribution in [1.82, 2.24) is 19.8 Å². The number of fused-ring (bicyclic) bond motifs is 1. The van der Waals surface area contributed by atoms with Gasteiger partial charge in [-0.15, -0.1) is 0 Å². The molecule has 2 aromatic carbocycles. The first kappa shape index (κ1) is 30.1. The number of aromatic nitrogens is 2. The summed E-state index contributed by atoms with van der Waals surface area (Å²) in [5.41, 5.74) is 2.05. The van der Waals surface area contributed by atoms with E-state index < -0.39 is 10.9 Å². The van der Waals surface area contributed by atoms with E-state index in [4.69, 9.17) is 37.9 Å². The molecular formula is C31H39Cl2N7O3. The van der Waals surface area contributed by atoms with Crippen LogP contribution in [0.25, 0.3) is 0 Å². The molecule has 0 atom stereocenters. The normalized spacial score (nSPS) is 18.1. The summed E-state index contributed by atoms with van der Waals surface area (Å²) in [5.74, 6) is 1.58. The predicted molar refractivity (Wildman–Crippen MR) is 172 cm³/mol. The Morgan fingerprint density at radius 3 is 2.33 bits per heavy atom. The van der Waals surface area contributed by atoms with Gasteiger partial charge in [0.2, 0.25) is 5.95 Å². The van der Waals surface area contributed by atoms with Crippen LogP contribution in [0.2, 0.25) is 10.0 Å². The lowest BCUT2D eigenvalue weighted by molar-refractivity contribution is 0.215. The van der Waals surface area contributed by atoms with E-state index in [9.17, 15) is 9.59 Å². The molecule has 0 amide bonds. The van der Waals surface area contributed by atoms with E-state index in [-0.39, 0.29) is 11.9 Å². The van der Waals surface area contributed by atoms with Crippen LogP contribution in [0.3, 0.4) is 0 Å². The highest BCUT2D eigenvalue weighted by atomic mass is 35.5. The third kappa shape index (κ3) is 6.62. The van der Waals surface area contributed by atoms with E-state index in [1.165, 1.54) is 25.9 Å². The zero-order valence-electron chi connectivity index (χ0n) is 24.9. The number of hydrogen-bond acceptors (Lipinski definition) is 10. The average Bonchev–Trinajstić information content (AvgIpc) is 3.53. The summed E-state index contributed by atoms with van der Waals surface area (Å²) in [6.45, 7) is 13.5. The molecule has 230 valence electrons. The fourth-order valence-electron chi connectivity index (χ4n) is 6.18. The standard InChI is InChI=1S/C31H39Cl2N7O3/c1-20(2)43-29-26(27(41)28(29)42)40-10-7-25-23(19-40)30(34-18-21-5-6-22(32)17-24(21)33)36-31(35-25)39-15-13-38(14-16-39)12-11-37-8-3-4-9-37/h5-6,17,20H,3-4,7-16,18-19H2,1-2H3,(H,34,35,36). The molecule has 1 aromatic heterocycles. The van der Waals surface area contributed by atoms with Crippen LogP contribution in [0.5, 0.6) is 5.75 Å². The van der Waals surface area contributed by atoms with Crippen LogP contribution >= 0.6 is 23.2 Å². The molecule has 0 spiro atoms. The molecule has 3 aliphatic heterocycles. The van der Waals surface area contributed by atoms with Gasteiger partial charge in [0.1, 0.15) is 11.5 Å². The van der Waals surface area contributed by atoms with Gasteiger partial charge in [-0.05, 0) is 57.5 Å². The van der Waals surface area contributed by atoms with Gasteiger partial charge in [-0.25, -0.2) is 4.98 Å². The maximum absolute atomic E-state index is 12.6. The highest BCUT2D eigenvalue weighted by Gasteiger charge is 2.33. The Morgan fingerprint density at radius 1 is 0.907 bits per heavy atom. The Hall–Kier alpha value is -2.92. The summed E-state index contributed by atoms with van der Waals surface area (Å²) < 4.78 is 5.72. The van der Waals surface area contributed by atoms with Gasteiger partial charge in [0.15, 0.2) is 5.75 Å². The minimum absolute atomic E-state index is 0.158. The van der Waals surface area contributed by atoms with Crippen molar-refractivity contribution < 1.29 is 4.74 Å². The average molecular weight is 629 g/mol. The van der Waals surface area contributed by atoms with E-state index in [0.717, 1.165) is 56.1 Å². The summed E-state index contributed by atoms with van der Waals surface area (Å²) in [4.78, 5) is 44.3. The molecule has 3 aromatic rings. The minimum atomic E-state index is -0.559. The van der Waals surface area contributed by atoms with Crippen molar-refractivity contribution >= 4 is 40.7 Å². The van der Waals surface area contributed by atoms with E-state index in [2.05, 4.69) is 20.0 Å². The summed E-state index contributed by atoms with van der Waals surface area (Å²) in [5, 5.41) is 4.66. The van der Waals surface area contributed by atoms with Gasteiger partial charge in [-0.1, -0.05) is 29.3 Å². The molecular weight excluding hydrogens is 589 g/mol. The molecule has 2 saturated heterocycles. The largest absolute Gasteiger partial charge is 0.485 e. The van der Waals surface area contributed by atoms with Crippen molar-refractivity contribution in [3.8, 4) is 5.75 Å². The predicted octanol–water partition coefficient (Wildman–Crippen LogP) is 3.56. The van der Waals surface area contributed by atoms with Crippen LogP contribution in [0.1, 0.15) is 43.5 Å². The van der Waals surface area contributed by atoms with Crippen molar-refractivity contribution in [2.24, 2.45) is 0 Å². The van der Waals surface area contributed by atoms with Crippen molar-refractivity contribution in [3.63, 3.8) is 0 Å². The van der Waals surface area contributed by atoms with Gasteiger partial charge in [0.05, 0.1) is 11.8 Å². The van der Waals surface area contributed by atoms with Crippen LogP contribution in [0, 0.1) is 0 Å². The van der Waals surface area contributed by atoms with Crippen LogP contribution in [0.15, 0.2) is 27.8 Å². The molecule has 4 heterocycles. The second-order valence-corrected chi connectivity index (χ2v) is 12.8. The fraction of sp³-hybridized carbons (Fsp3) is 0.548. The molecule has 0 bridgehead atoms. The fourth-order valence-corrected chi connectivity index (χ4v) is 6.65. The first-order chi connectivity index (χ1) is 20.8. The van der Waals surface area contributed by atoms with Crippen molar-refractivity contribution in [1.29, 1.82) is 0 Å². The molecule has 0 aliphatic carbocycles. The second kappa shape index (κ2) is 13.0. The van der Waals surface area contributed by atoms with E-state index >= 15 is 0 Å². The maximum atomic E-state index is 12.6. The Balaban J connectivity index is 1.22.